The molecule has 9 nitrogen and oxygen atoms in total. The quantitative estimate of drug-likeness (QED) is 0.551. The molecule has 0 aliphatic carbocycles. The van der Waals surface area contributed by atoms with E-state index in [9.17, 15) is 19.2 Å². The minimum absolute atomic E-state index is 0.00127. The average Bonchev–Trinajstić information content (AvgIpc) is 3.15. The van der Waals surface area contributed by atoms with E-state index in [-0.39, 0.29) is 36.7 Å². The van der Waals surface area contributed by atoms with Crippen molar-refractivity contribution in [3.05, 3.63) is 65.2 Å². The molecule has 1 unspecified atom stereocenters. The van der Waals surface area contributed by atoms with Crippen molar-refractivity contribution in [2.75, 3.05) is 24.5 Å². The molecular formula is C24H27N5O4. The Kier molecular flexibility index (Phi) is 6.58. The van der Waals surface area contributed by atoms with Crippen LogP contribution in [-0.2, 0) is 22.7 Å². The van der Waals surface area contributed by atoms with E-state index in [1.54, 1.807) is 24.3 Å². The zero-order valence-corrected chi connectivity index (χ0v) is 18.3. The largest absolute Gasteiger partial charge is 0.371 e. The lowest BCUT2D eigenvalue weighted by Crippen LogP contribution is -2.41. The van der Waals surface area contributed by atoms with Crippen molar-refractivity contribution in [2.45, 2.75) is 25.9 Å². The minimum Gasteiger partial charge on any atom is -0.371 e. The Morgan fingerprint density at radius 1 is 1.09 bits per heavy atom. The maximum absolute atomic E-state index is 12.6. The van der Waals surface area contributed by atoms with Crippen LogP contribution < -0.4 is 21.3 Å². The molecule has 9 heteroatoms. The van der Waals surface area contributed by atoms with Gasteiger partial charge in [0.15, 0.2) is 0 Å². The lowest BCUT2D eigenvalue weighted by atomic mass is 9.97. The number of benzene rings is 2. The van der Waals surface area contributed by atoms with Crippen LogP contribution in [0.15, 0.2) is 48.5 Å². The fourth-order valence-corrected chi connectivity index (χ4v) is 4.16. The molecule has 2 saturated heterocycles. The van der Waals surface area contributed by atoms with Gasteiger partial charge >= 0.3 is 6.03 Å². The standard InChI is InChI=1S/C24H27N5O4/c25-22(31)19-5-2-10-28(15-19)20-8-6-16(7-9-20)12-26-23(32)18-4-1-3-17(11-18)14-29-21(30)13-27-24(29)33/h1,3-4,6-9,11,19H,2,5,10,12-15H2,(H2,25,31)(H,26,32)(H,27,33). The van der Waals surface area contributed by atoms with Gasteiger partial charge in [-0.2, -0.15) is 0 Å². The number of primary amides is 1. The number of imide groups is 1. The second-order valence-corrected chi connectivity index (χ2v) is 8.38. The number of carbonyl (C=O) groups is 4. The van der Waals surface area contributed by atoms with Crippen LogP contribution in [0.25, 0.3) is 0 Å². The third kappa shape index (κ3) is 5.31. The number of nitrogens with zero attached hydrogens (tertiary/aromatic N) is 2. The Morgan fingerprint density at radius 2 is 1.88 bits per heavy atom. The second kappa shape index (κ2) is 9.72. The minimum atomic E-state index is -0.423. The summed E-state index contributed by atoms with van der Waals surface area (Å²) in [7, 11) is 0. The van der Waals surface area contributed by atoms with Gasteiger partial charge in [0.1, 0.15) is 0 Å². The molecule has 0 saturated carbocycles. The fourth-order valence-electron chi connectivity index (χ4n) is 4.16. The lowest BCUT2D eigenvalue weighted by molar-refractivity contribution is -0.125. The van der Waals surface area contributed by atoms with Crippen molar-refractivity contribution >= 4 is 29.4 Å². The first-order valence-electron chi connectivity index (χ1n) is 11.0. The number of carbonyl (C=O) groups excluding carboxylic acids is 4. The molecular weight excluding hydrogens is 422 g/mol. The van der Waals surface area contributed by atoms with Crippen molar-refractivity contribution < 1.29 is 19.2 Å². The average molecular weight is 450 g/mol. The third-order valence-electron chi connectivity index (χ3n) is 6.05. The first-order valence-corrected chi connectivity index (χ1v) is 11.0. The molecule has 2 heterocycles. The van der Waals surface area contributed by atoms with Crippen LogP contribution in [0.2, 0.25) is 0 Å². The van der Waals surface area contributed by atoms with Crippen molar-refractivity contribution in [2.24, 2.45) is 11.7 Å². The number of hydrogen-bond donors (Lipinski definition) is 3. The molecule has 0 bridgehead atoms. The summed E-state index contributed by atoms with van der Waals surface area (Å²) in [6.07, 6.45) is 1.76. The van der Waals surface area contributed by atoms with Gasteiger partial charge in [0.25, 0.3) is 5.91 Å². The summed E-state index contributed by atoms with van der Waals surface area (Å²) in [6.45, 7) is 2.01. The van der Waals surface area contributed by atoms with Crippen LogP contribution in [0.5, 0.6) is 0 Å². The first-order chi connectivity index (χ1) is 15.9. The van der Waals surface area contributed by atoms with Gasteiger partial charge in [-0.05, 0) is 48.2 Å². The SMILES string of the molecule is NC(=O)C1CCCN(c2ccc(CNC(=O)c3cccc(CN4C(=O)CNC4=O)c3)cc2)C1. The van der Waals surface area contributed by atoms with Gasteiger partial charge in [-0.1, -0.05) is 24.3 Å². The molecule has 172 valence electrons. The Bertz CT molecular complexity index is 1050. The van der Waals surface area contributed by atoms with E-state index in [0.717, 1.165) is 35.5 Å². The Morgan fingerprint density at radius 3 is 2.58 bits per heavy atom. The highest BCUT2D eigenvalue weighted by Gasteiger charge is 2.28. The maximum Gasteiger partial charge on any atom is 0.324 e. The van der Waals surface area contributed by atoms with Gasteiger partial charge in [-0.25, -0.2) is 4.79 Å². The summed E-state index contributed by atoms with van der Waals surface area (Å²) in [4.78, 5) is 50.9. The molecule has 1 atom stereocenters. The molecule has 33 heavy (non-hydrogen) atoms. The van der Waals surface area contributed by atoms with Gasteiger partial charge in [-0.3, -0.25) is 19.3 Å². The summed E-state index contributed by atoms with van der Waals surface area (Å²) in [5.41, 5.74) is 8.61. The van der Waals surface area contributed by atoms with E-state index in [0.29, 0.717) is 24.2 Å². The fraction of sp³-hybridized carbons (Fsp3) is 0.333. The molecule has 5 amide bonds. The summed E-state index contributed by atoms with van der Waals surface area (Å²) in [5, 5.41) is 5.38. The predicted molar refractivity (Wildman–Crippen MR) is 122 cm³/mol. The smallest absolute Gasteiger partial charge is 0.324 e. The van der Waals surface area contributed by atoms with E-state index in [4.69, 9.17) is 5.73 Å². The molecule has 0 aromatic heterocycles. The summed E-state index contributed by atoms with van der Waals surface area (Å²) >= 11 is 0. The zero-order valence-electron chi connectivity index (χ0n) is 18.3. The molecule has 2 aromatic rings. The van der Waals surface area contributed by atoms with E-state index in [1.165, 1.54) is 0 Å². The number of nitrogens with two attached hydrogens (primary N) is 1. The Balaban J connectivity index is 1.33. The Labute approximate surface area is 191 Å². The third-order valence-corrected chi connectivity index (χ3v) is 6.05. The monoisotopic (exact) mass is 449 g/mol. The molecule has 2 aliphatic heterocycles. The summed E-state index contributed by atoms with van der Waals surface area (Å²) < 4.78 is 0. The molecule has 0 radical (unpaired) electrons. The van der Waals surface area contributed by atoms with Crippen molar-refractivity contribution in [1.29, 1.82) is 0 Å². The lowest BCUT2D eigenvalue weighted by Gasteiger charge is -2.33. The van der Waals surface area contributed by atoms with Crippen LogP contribution in [0.4, 0.5) is 10.5 Å². The highest BCUT2D eigenvalue weighted by atomic mass is 16.2. The van der Waals surface area contributed by atoms with Crippen LogP contribution in [-0.4, -0.2) is 48.3 Å². The van der Waals surface area contributed by atoms with Crippen molar-refractivity contribution in [3.63, 3.8) is 0 Å². The number of anilines is 1. The van der Waals surface area contributed by atoms with E-state index in [2.05, 4.69) is 15.5 Å². The highest BCUT2D eigenvalue weighted by Crippen LogP contribution is 2.23. The van der Waals surface area contributed by atoms with E-state index >= 15 is 0 Å². The Hall–Kier alpha value is -3.88. The van der Waals surface area contributed by atoms with Crippen LogP contribution >= 0.6 is 0 Å². The van der Waals surface area contributed by atoms with Gasteiger partial charge in [0.05, 0.1) is 19.0 Å². The molecule has 4 rings (SSSR count). The van der Waals surface area contributed by atoms with Crippen LogP contribution in [0, 0.1) is 5.92 Å². The van der Waals surface area contributed by atoms with Crippen molar-refractivity contribution in [1.82, 2.24) is 15.5 Å². The zero-order chi connectivity index (χ0) is 23.4. The molecule has 2 fully saturated rings. The van der Waals surface area contributed by atoms with Gasteiger partial charge < -0.3 is 21.3 Å². The maximum atomic E-state index is 12.6. The topological polar surface area (TPSA) is 125 Å². The summed E-state index contributed by atoms with van der Waals surface area (Å²) in [6, 6.07) is 14.4. The normalized spacial score (nSPS) is 18.2. The number of amides is 5. The summed E-state index contributed by atoms with van der Waals surface area (Å²) in [5.74, 6) is -0.892. The molecule has 2 aliphatic rings. The van der Waals surface area contributed by atoms with Gasteiger partial charge in [0, 0.05) is 30.9 Å². The van der Waals surface area contributed by atoms with Gasteiger partial charge in [0.2, 0.25) is 11.8 Å². The number of urea groups is 1. The van der Waals surface area contributed by atoms with Crippen LogP contribution in [0.1, 0.15) is 34.3 Å². The second-order valence-electron chi connectivity index (χ2n) is 8.38. The molecule has 4 N–H and O–H groups in total. The number of hydrogen-bond acceptors (Lipinski definition) is 5. The molecule has 2 aromatic carbocycles. The number of nitrogens with one attached hydrogen (secondary N) is 2. The van der Waals surface area contributed by atoms with E-state index in [1.807, 2.05) is 24.3 Å². The number of piperidine rings is 1. The van der Waals surface area contributed by atoms with Crippen LogP contribution in [0.3, 0.4) is 0 Å². The first kappa shape index (κ1) is 22.3. The predicted octanol–water partition coefficient (Wildman–Crippen LogP) is 1.37. The van der Waals surface area contributed by atoms with E-state index < -0.39 is 6.03 Å². The number of rotatable bonds is 7. The van der Waals surface area contributed by atoms with Gasteiger partial charge in [-0.15, -0.1) is 0 Å². The van der Waals surface area contributed by atoms with Crippen molar-refractivity contribution in [3.8, 4) is 0 Å². The molecule has 0 spiro atoms. The highest BCUT2D eigenvalue weighted by molar-refractivity contribution is 6.02.